The first-order valence-electron chi connectivity index (χ1n) is 8.42. The van der Waals surface area contributed by atoms with Crippen LogP contribution in [-0.4, -0.2) is 29.7 Å². The zero-order chi connectivity index (χ0) is 18.6. The molecule has 0 aliphatic rings. The average Bonchev–Trinajstić information content (AvgIpc) is 2.61. The lowest BCUT2D eigenvalue weighted by atomic mass is 10.00. The molecule has 130 valence electrons. The van der Waals surface area contributed by atoms with Crippen molar-refractivity contribution in [1.29, 1.82) is 0 Å². The molecule has 0 saturated heterocycles. The van der Waals surface area contributed by atoms with Crippen LogP contribution in [0.4, 0.5) is 0 Å². The van der Waals surface area contributed by atoms with Crippen LogP contribution in [0.5, 0.6) is 0 Å². The molecule has 0 heterocycles. The van der Waals surface area contributed by atoms with Gasteiger partial charge in [0, 0.05) is 18.7 Å². The molecular weight excluding hydrogens is 310 g/mol. The number of amides is 1. The van der Waals surface area contributed by atoms with Crippen molar-refractivity contribution in [2.75, 3.05) is 7.05 Å². The predicted molar refractivity (Wildman–Crippen MR) is 103 cm³/mol. The second-order valence-electron chi connectivity index (χ2n) is 6.53. The Morgan fingerprint density at radius 1 is 0.960 bits per heavy atom. The van der Waals surface area contributed by atoms with Crippen LogP contribution < -0.4 is 0 Å². The zero-order valence-electron chi connectivity index (χ0n) is 15.5. The third kappa shape index (κ3) is 4.66. The van der Waals surface area contributed by atoms with E-state index in [-0.39, 0.29) is 11.7 Å². The second kappa shape index (κ2) is 7.93. The number of aryl methyl sites for hydroxylation is 3. The third-order valence-corrected chi connectivity index (χ3v) is 4.60. The lowest BCUT2D eigenvalue weighted by molar-refractivity contribution is -0.125. The Hall–Kier alpha value is -2.68. The van der Waals surface area contributed by atoms with E-state index in [4.69, 9.17) is 0 Å². The number of likely N-dealkylation sites (N-methyl/N-ethyl adjacent to an activating group) is 1. The standard InChI is InChI=1S/C22H25NO2/c1-15-6-9-19(10-7-15)11-13-21(24)23(5)18(4)22(25)20-12-8-16(2)17(3)14-20/h6-14,18H,1-5H3/b13-11+. The van der Waals surface area contributed by atoms with Gasteiger partial charge in [-0.15, -0.1) is 0 Å². The van der Waals surface area contributed by atoms with E-state index in [0.29, 0.717) is 5.56 Å². The molecule has 0 aliphatic carbocycles. The second-order valence-corrected chi connectivity index (χ2v) is 6.53. The molecule has 0 spiro atoms. The summed E-state index contributed by atoms with van der Waals surface area (Å²) in [5.41, 5.74) is 4.99. The number of rotatable bonds is 5. The highest BCUT2D eigenvalue weighted by molar-refractivity contribution is 6.03. The Morgan fingerprint density at radius 3 is 2.20 bits per heavy atom. The van der Waals surface area contributed by atoms with Crippen LogP contribution in [0.15, 0.2) is 48.5 Å². The van der Waals surface area contributed by atoms with E-state index in [0.717, 1.165) is 16.7 Å². The molecule has 0 radical (unpaired) electrons. The minimum Gasteiger partial charge on any atom is -0.332 e. The number of ketones is 1. The summed E-state index contributed by atoms with van der Waals surface area (Å²) in [5, 5.41) is 0. The minimum absolute atomic E-state index is 0.0531. The highest BCUT2D eigenvalue weighted by Crippen LogP contribution is 2.14. The van der Waals surface area contributed by atoms with Crippen LogP contribution in [0, 0.1) is 20.8 Å². The van der Waals surface area contributed by atoms with E-state index in [1.807, 2.05) is 63.2 Å². The molecule has 1 amide bonds. The Balaban J connectivity index is 2.08. The fourth-order valence-corrected chi connectivity index (χ4v) is 2.47. The van der Waals surface area contributed by atoms with E-state index in [1.165, 1.54) is 16.5 Å². The summed E-state index contributed by atoms with van der Waals surface area (Å²) in [6.45, 7) is 7.77. The number of nitrogens with zero attached hydrogens (tertiary/aromatic N) is 1. The topological polar surface area (TPSA) is 37.4 Å². The number of carbonyl (C=O) groups is 2. The summed E-state index contributed by atoms with van der Waals surface area (Å²) in [5.74, 6) is -0.243. The van der Waals surface area contributed by atoms with Gasteiger partial charge in [0.2, 0.25) is 5.91 Å². The number of hydrogen-bond donors (Lipinski definition) is 0. The maximum Gasteiger partial charge on any atom is 0.246 e. The quantitative estimate of drug-likeness (QED) is 0.601. The molecule has 2 aromatic rings. The molecule has 1 atom stereocenters. The highest BCUT2D eigenvalue weighted by atomic mass is 16.2. The normalized spacial score (nSPS) is 12.2. The van der Waals surface area contributed by atoms with Gasteiger partial charge in [-0.1, -0.05) is 42.0 Å². The smallest absolute Gasteiger partial charge is 0.246 e. The summed E-state index contributed by atoms with van der Waals surface area (Å²) in [6.07, 6.45) is 3.28. The van der Waals surface area contributed by atoms with Crippen LogP contribution in [0.25, 0.3) is 6.08 Å². The van der Waals surface area contributed by atoms with Crippen LogP contribution in [0.1, 0.15) is 39.5 Å². The number of Topliss-reactive ketones (excluding diaryl/α,β-unsaturated/α-hetero) is 1. The Kier molecular flexibility index (Phi) is 5.92. The lowest BCUT2D eigenvalue weighted by Gasteiger charge is -2.23. The van der Waals surface area contributed by atoms with E-state index in [9.17, 15) is 9.59 Å². The van der Waals surface area contributed by atoms with Gasteiger partial charge in [-0.25, -0.2) is 0 Å². The first-order valence-corrected chi connectivity index (χ1v) is 8.42. The molecule has 3 nitrogen and oxygen atoms in total. The number of carbonyl (C=O) groups excluding carboxylic acids is 2. The van der Waals surface area contributed by atoms with Crippen molar-refractivity contribution in [2.24, 2.45) is 0 Å². The van der Waals surface area contributed by atoms with Gasteiger partial charge in [0.05, 0.1) is 6.04 Å². The molecule has 0 bridgehead atoms. The fourth-order valence-electron chi connectivity index (χ4n) is 2.47. The Morgan fingerprint density at radius 2 is 1.60 bits per heavy atom. The molecule has 0 saturated carbocycles. The first-order chi connectivity index (χ1) is 11.8. The van der Waals surface area contributed by atoms with Gasteiger partial charge in [-0.05, 0) is 56.5 Å². The zero-order valence-corrected chi connectivity index (χ0v) is 15.5. The van der Waals surface area contributed by atoms with Gasteiger partial charge >= 0.3 is 0 Å². The van der Waals surface area contributed by atoms with Crippen molar-refractivity contribution >= 4 is 17.8 Å². The van der Waals surface area contributed by atoms with Gasteiger partial charge in [-0.3, -0.25) is 9.59 Å². The summed E-state index contributed by atoms with van der Waals surface area (Å²) >= 11 is 0. The molecule has 0 aliphatic heterocycles. The largest absolute Gasteiger partial charge is 0.332 e. The predicted octanol–water partition coefficient (Wildman–Crippen LogP) is 4.35. The number of hydrogen-bond acceptors (Lipinski definition) is 2. The number of benzene rings is 2. The van der Waals surface area contributed by atoms with Crippen molar-refractivity contribution in [1.82, 2.24) is 4.90 Å². The molecule has 3 heteroatoms. The van der Waals surface area contributed by atoms with E-state index < -0.39 is 6.04 Å². The summed E-state index contributed by atoms with van der Waals surface area (Å²) in [6, 6.07) is 13.0. The molecule has 0 aromatic heterocycles. The van der Waals surface area contributed by atoms with E-state index in [2.05, 4.69) is 0 Å². The van der Waals surface area contributed by atoms with Crippen LogP contribution in [0.2, 0.25) is 0 Å². The molecule has 1 unspecified atom stereocenters. The molecule has 0 N–H and O–H groups in total. The molecular formula is C22H25NO2. The average molecular weight is 335 g/mol. The van der Waals surface area contributed by atoms with Crippen LogP contribution in [-0.2, 0) is 4.79 Å². The summed E-state index contributed by atoms with van der Waals surface area (Å²) in [4.78, 5) is 26.5. The monoisotopic (exact) mass is 335 g/mol. The molecule has 25 heavy (non-hydrogen) atoms. The van der Waals surface area contributed by atoms with Crippen molar-refractivity contribution < 1.29 is 9.59 Å². The Labute approximate surface area is 150 Å². The Bertz CT molecular complexity index is 803. The SMILES string of the molecule is Cc1ccc(/C=C/C(=O)N(C)C(C)C(=O)c2ccc(C)c(C)c2)cc1. The van der Waals surface area contributed by atoms with Gasteiger partial charge in [0.1, 0.15) is 0 Å². The van der Waals surface area contributed by atoms with E-state index >= 15 is 0 Å². The van der Waals surface area contributed by atoms with Crippen molar-refractivity contribution in [3.63, 3.8) is 0 Å². The summed E-state index contributed by atoms with van der Waals surface area (Å²) in [7, 11) is 1.66. The third-order valence-electron chi connectivity index (χ3n) is 4.60. The summed E-state index contributed by atoms with van der Waals surface area (Å²) < 4.78 is 0. The van der Waals surface area contributed by atoms with Crippen LogP contribution >= 0.6 is 0 Å². The van der Waals surface area contributed by atoms with Crippen molar-refractivity contribution in [2.45, 2.75) is 33.7 Å². The minimum atomic E-state index is -0.516. The molecule has 0 fully saturated rings. The van der Waals surface area contributed by atoms with Crippen LogP contribution in [0.3, 0.4) is 0 Å². The molecule has 2 aromatic carbocycles. The van der Waals surface area contributed by atoms with Gasteiger partial charge in [0.15, 0.2) is 5.78 Å². The van der Waals surface area contributed by atoms with Gasteiger partial charge in [0.25, 0.3) is 0 Å². The highest BCUT2D eigenvalue weighted by Gasteiger charge is 2.22. The first kappa shape index (κ1) is 18.7. The maximum absolute atomic E-state index is 12.6. The van der Waals surface area contributed by atoms with Crippen molar-refractivity contribution in [3.8, 4) is 0 Å². The lowest BCUT2D eigenvalue weighted by Crippen LogP contribution is -2.39. The molecule has 2 rings (SSSR count). The van der Waals surface area contributed by atoms with Gasteiger partial charge < -0.3 is 4.90 Å². The maximum atomic E-state index is 12.6. The van der Waals surface area contributed by atoms with Gasteiger partial charge in [-0.2, -0.15) is 0 Å². The van der Waals surface area contributed by atoms with E-state index in [1.54, 1.807) is 20.0 Å². The fraction of sp³-hybridized carbons (Fsp3) is 0.273. The van der Waals surface area contributed by atoms with Crippen molar-refractivity contribution in [3.05, 3.63) is 76.4 Å².